The van der Waals surface area contributed by atoms with Crippen LogP contribution in [0.1, 0.15) is 120 Å². The molecule has 4 saturated carbocycles. The van der Waals surface area contributed by atoms with Gasteiger partial charge in [-0.2, -0.15) is 0 Å². The summed E-state index contributed by atoms with van der Waals surface area (Å²) >= 11 is 0. The van der Waals surface area contributed by atoms with E-state index >= 15 is 4.79 Å². The van der Waals surface area contributed by atoms with E-state index in [4.69, 9.17) is 61.6 Å². The Balaban J connectivity index is 0.890. The van der Waals surface area contributed by atoms with Gasteiger partial charge in [0, 0.05) is 6.92 Å². The SMILES string of the molecule is CC(=O)O[C@@H]1[C@H](O[C@@H]2O[C@@H](CO)[C@H](O)[C@H]2O)[C@@H](O[C@@H]2O[C@@H](C)[C@H](O[C@@H]3OC[C@@H](O)[C@H](O)[C@H]3O)[C@@H](O)[C@H]2O)[C@H](OC(=O)[C@]23CCC(C)(C)C[C@H]2C2=CCC4[C@@]5(C)CC[C@H](O[C@@H]6O[C@H](C(=O)O)[C@@H](O)[C@H](O)[C@H]6O[C@@H]6O[C@H](CO)[C@H](O)[C@H](O)[C@H]6O)[C@@](C)(C=O)C5CC[C@@]4(C)[C@]2(C)C[C@H]3O)O[C@@H]1C. The lowest BCUT2D eigenvalue weighted by atomic mass is 9.33. The van der Waals surface area contributed by atoms with Gasteiger partial charge >= 0.3 is 17.9 Å². The van der Waals surface area contributed by atoms with E-state index in [1.807, 2.05) is 0 Å². The molecule has 0 radical (unpaired) electrons. The molecule has 0 aromatic heterocycles. The molecule has 0 aromatic rings. The molecule has 6 aliphatic heterocycles. The summed E-state index contributed by atoms with van der Waals surface area (Å²) in [5.41, 5.74) is -4.77. The Morgan fingerprint density at radius 3 is 1.73 bits per heavy atom. The van der Waals surface area contributed by atoms with Crippen LogP contribution in [-0.4, -0.2) is 310 Å². The second-order valence-electron chi connectivity index (χ2n) is 31.3. The van der Waals surface area contributed by atoms with Crippen molar-refractivity contribution in [1.29, 1.82) is 0 Å². The molecule has 11 rings (SSSR count). The molecule has 38 atom stereocenters. The summed E-state index contributed by atoms with van der Waals surface area (Å²) in [5.74, 6) is -4.84. The zero-order valence-electron chi connectivity index (χ0n) is 56.8. The highest BCUT2D eigenvalue weighted by Gasteiger charge is 2.73. The van der Waals surface area contributed by atoms with Crippen molar-refractivity contribution in [2.24, 2.45) is 50.2 Å². The summed E-state index contributed by atoms with van der Waals surface area (Å²) in [6.45, 7) is 14.1. The largest absolute Gasteiger partial charge is 0.479 e. The van der Waals surface area contributed by atoms with Gasteiger partial charge in [-0.1, -0.05) is 53.2 Å². The van der Waals surface area contributed by atoms with E-state index in [1.165, 1.54) is 13.8 Å². The molecule has 33 nitrogen and oxygen atoms in total. The standard InChI is InChI=1S/C66H102O33/c1-24-47(94-54-43(80)36(73)29(71)22-87-54)42(79)46(83)55(88-24)98-52-51(97-56-44(81)38(75)31(21-68)92-56)48(90-26(3)70)25(2)89-59(52)99-60(86)66-17-16-61(4,5)18-28(66)27-10-11-33-62(6)14-13-35(63(7,23-69)32(62)12-15-64(33,8)65(27,9)19-34(66)72)93-58-50(41(78)40(77)49(95-58)53(84)85)96-57-45(82)39(76)37(74)30(20-67)91-57/h10,23-25,28-52,54-59,67-68,71-83H,11-22H2,1-9H3,(H,84,85)/t24-,25+,28-,29+,30+,31-,32?,33?,34+,35-,36-,37-,38-,39-,40-,41-,42-,43+,44+,45+,46+,47-,48-,49-,50+,51-,52+,54-,55-,56-,57-,58+,59-,62-,63-,64+,65+,66+/m0/s1. The number of aliphatic hydroxyl groups is 15. The van der Waals surface area contributed by atoms with Gasteiger partial charge in [-0.3, -0.25) is 9.59 Å². The highest BCUT2D eigenvalue weighted by molar-refractivity contribution is 5.80. The number of aldehydes is 1. The summed E-state index contributed by atoms with van der Waals surface area (Å²) in [6.07, 6.45) is -46.1. The molecule has 11 aliphatic rings. The number of ether oxygens (including phenoxy) is 13. The van der Waals surface area contributed by atoms with Crippen molar-refractivity contribution in [2.45, 2.75) is 304 Å². The lowest BCUT2D eigenvalue weighted by molar-refractivity contribution is -0.382. The van der Waals surface area contributed by atoms with Crippen molar-refractivity contribution in [3.05, 3.63) is 11.6 Å². The molecule has 0 aromatic carbocycles. The number of carbonyl (C=O) groups is 4. The molecule has 2 unspecified atom stereocenters. The Kier molecular flexibility index (Phi) is 22.2. The fourth-order valence-corrected chi connectivity index (χ4v) is 19.2. The van der Waals surface area contributed by atoms with E-state index in [0.717, 1.165) is 18.8 Å². The molecule has 99 heavy (non-hydrogen) atoms. The van der Waals surface area contributed by atoms with Crippen LogP contribution in [0.15, 0.2) is 11.6 Å². The Morgan fingerprint density at radius 1 is 0.545 bits per heavy atom. The van der Waals surface area contributed by atoms with E-state index < -0.39 is 266 Å². The third-order valence-corrected chi connectivity index (χ3v) is 25.1. The number of aliphatic carboxylic acids is 1. The van der Waals surface area contributed by atoms with E-state index in [0.29, 0.717) is 38.5 Å². The topological polar surface area (TPSA) is 512 Å². The van der Waals surface area contributed by atoms with Crippen LogP contribution in [0, 0.1) is 50.2 Å². The zero-order chi connectivity index (χ0) is 72.5. The quantitative estimate of drug-likeness (QED) is 0.0284. The first-order valence-electron chi connectivity index (χ1n) is 34.4. The monoisotopic (exact) mass is 1420 g/mol. The molecule has 5 aliphatic carbocycles. The van der Waals surface area contributed by atoms with Crippen molar-refractivity contribution in [2.75, 3.05) is 19.8 Å². The first-order chi connectivity index (χ1) is 46.4. The van der Waals surface area contributed by atoms with E-state index in [1.54, 1.807) is 6.92 Å². The molecule has 6 saturated heterocycles. The number of carbonyl (C=O) groups excluding carboxylic acids is 3. The van der Waals surface area contributed by atoms with Crippen molar-refractivity contribution < 1.29 is 162 Å². The molecular formula is C66H102O33. The summed E-state index contributed by atoms with van der Waals surface area (Å²) in [4.78, 5) is 55.6. The van der Waals surface area contributed by atoms with Gasteiger partial charge in [0.2, 0.25) is 6.29 Å². The minimum Gasteiger partial charge on any atom is -0.479 e. The van der Waals surface area contributed by atoms with E-state index in [2.05, 4.69) is 40.7 Å². The summed E-state index contributed by atoms with van der Waals surface area (Å²) in [7, 11) is 0. The molecule has 0 amide bonds. The maximum Gasteiger partial charge on any atom is 0.335 e. The normalized spacial score (nSPS) is 53.5. The maximum absolute atomic E-state index is 16.1. The molecule has 10 fully saturated rings. The molecule has 0 bridgehead atoms. The lowest BCUT2D eigenvalue weighted by Gasteiger charge is -2.71. The van der Waals surface area contributed by atoms with Crippen molar-refractivity contribution in [3.8, 4) is 0 Å². The molecule has 6 heterocycles. The highest BCUT2D eigenvalue weighted by atomic mass is 16.8. The van der Waals surface area contributed by atoms with Gasteiger partial charge < -0.3 is 148 Å². The maximum atomic E-state index is 16.1. The van der Waals surface area contributed by atoms with Gasteiger partial charge in [-0.25, -0.2) is 4.79 Å². The predicted molar refractivity (Wildman–Crippen MR) is 325 cm³/mol. The number of fused-ring (bicyclic) bond motifs is 7. The Labute approximate surface area is 571 Å². The van der Waals surface area contributed by atoms with Crippen LogP contribution in [0.2, 0.25) is 0 Å². The average molecular weight is 1420 g/mol. The minimum absolute atomic E-state index is 0.0278. The van der Waals surface area contributed by atoms with Crippen LogP contribution in [0.3, 0.4) is 0 Å². The van der Waals surface area contributed by atoms with Crippen LogP contribution in [0.5, 0.6) is 0 Å². The smallest absolute Gasteiger partial charge is 0.335 e. The van der Waals surface area contributed by atoms with Crippen LogP contribution < -0.4 is 0 Å². The molecule has 33 heteroatoms. The van der Waals surface area contributed by atoms with Crippen LogP contribution in [0.25, 0.3) is 0 Å². The lowest BCUT2D eigenvalue weighted by Crippen LogP contribution is -2.69. The summed E-state index contributed by atoms with van der Waals surface area (Å²) < 4.78 is 78.8. The molecule has 16 N–H and O–H groups in total. The van der Waals surface area contributed by atoms with Crippen molar-refractivity contribution >= 4 is 24.2 Å². The Bertz CT molecular complexity index is 2920. The van der Waals surface area contributed by atoms with Gasteiger partial charge in [0.15, 0.2) is 49.8 Å². The molecule has 564 valence electrons. The third kappa shape index (κ3) is 13.1. The van der Waals surface area contributed by atoms with Gasteiger partial charge in [0.25, 0.3) is 0 Å². The third-order valence-electron chi connectivity index (χ3n) is 25.1. The van der Waals surface area contributed by atoms with Crippen molar-refractivity contribution in [3.63, 3.8) is 0 Å². The van der Waals surface area contributed by atoms with Gasteiger partial charge in [-0.05, 0) is 111 Å². The summed E-state index contributed by atoms with van der Waals surface area (Å²) in [6, 6.07) is 0. The first-order valence-corrected chi connectivity index (χ1v) is 34.4. The zero-order valence-corrected chi connectivity index (χ0v) is 56.8. The fraction of sp³-hybridized carbons (Fsp3) is 0.909. The van der Waals surface area contributed by atoms with Gasteiger partial charge in [-0.15, -0.1) is 0 Å². The van der Waals surface area contributed by atoms with Crippen LogP contribution >= 0.6 is 0 Å². The number of aliphatic hydroxyl groups excluding tert-OH is 15. The number of allylic oxidation sites excluding steroid dienone is 2. The predicted octanol–water partition coefficient (Wildman–Crippen LogP) is -4.24. The Morgan fingerprint density at radius 2 is 1.10 bits per heavy atom. The van der Waals surface area contributed by atoms with E-state index in [-0.39, 0.29) is 25.2 Å². The molecule has 0 spiro atoms. The molecular weight excluding hydrogens is 1320 g/mol. The second kappa shape index (κ2) is 28.6. The number of carboxylic acids is 1. The first kappa shape index (κ1) is 76.9. The average Bonchev–Trinajstić information content (AvgIpc) is 0.918. The van der Waals surface area contributed by atoms with Gasteiger partial charge in [0.1, 0.15) is 115 Å². The number of carboxylic acid groups (broad SMARTS) is 1. The van der Waals surface area contributed by atoms with Crippen molar-refractivity contribution in [1.82, 2.24) is 0 Å². The van der Waals surface area contributed by atoms with Gasteiger partial charge in [0.05, 0.1) is 49.7 Å². The minimum atomic E-state index is -2.13. The van der Waals surface area contributed by atoms with Crippen LogP contribution in [0.4, 0.5) is 0 Å². The number of hydrogen-bond acceptors (Lipinski definition) is 32. The fourth-order valence-electron chi connectivity index (χ4n) is 19.2. The van der Waals surface area contributed by atoms with E-state index in [9.17, 15) is 96.1 Å². The highest BCUT2D eigenvalue weighted by Crippen LogP contribution is 2.76. The second-order valence-corrected chi connectivity index (χ2v) is 31.3. The number of esters is 2. The summed E-state index contributed by atoms with van der Waals surface area (Å²) in [5, 5.41) is 175. The van der Waals surface area contributed by atoms with Crippen LogP contribution in [-0.2, 0) is 80.8 Å². The number of hydrogen-bond donors (Lipinski definition) is 16. The Hall–Kier alpha value is -3.22. The number of rotatable bonds is 17.